The lowest BCUT2D eigenvalue weighted by atomic mass is 10.1. The van der Waals surface area contributed by atoms with Gasteiger partial charge in [0.05, 0.1) is 0 Å². The Morgan fingerprint density at radius 2 is 1.87 bits per heavy atom. The predicted octanol–water partition coefficient (Wildman–Crippen LogP) is 3.91. The van der Waals surface area contributed by atoms with Crippen LogP contribution in [0.4, 0.5) is 5.69 Å². The number of anilines is 1. The Morgan fingerprint density at radius 3 is 2.52 bits per heavy atom. The first-order chi connectivity index (χ1) is 11.0. The number of nitrogens with one attached hydrogen (secondary N) is 2. The zero-order valence-electron chi connectivity index (χ0n) is 13.4. The van der Waals surface area contributed by atoms with Gasteiger partial charge in [-0.15, -0.1) is 0 Å². The Kier molecular flexibility index (Phi) is 7.02. The van der Waals surface area contributed by atoms with Gasteiger partial charge in [-0.25, -0.2) is 0 Å². The molecule has 0 amide bonds. The van der Waals surface area contributed by atoms with Crippen LogP contribution in [0, 0.1) is 0 Å². The molecule has 0 radical (unpaired) electrons. The van der Waals surface area contributed by atoms with E-state index in [0.29, 0.717) is 11.2 Å². The quantitative estimate of drug-likeness (QED) is 0.729. The fourth-order valence-corrected chi connectivity index (χ4v) is 2.88. The minimum absolute atomic E-state index is 0.375. The SMILES string of the molecule is CN(C)[C@H](CNC(=S)Nc1cccc(Br)c1)Cc1ccccc1. The Balaban J connectivity index is 1.87. The van der Waals surface area contributed by atoms with Gasteiger partial charge in [0.25, 0.3) is 0 Å². The Morgan fingerprint density at radius 1 is 1.13 bits per heavy atom. The number of thiocarbonyl (C=S) groups is 1. The summed E-state index contributed by atoms with van der Waals surface area (Å²) in [5.74, 6) is 0. The Bertz CT molecular complexity index is 631. The maximum absolute atomic E-state index is 5.39. The summed E-state index contributed by atoms with van der Waals surface area (Å²) in [5, 5.41) is 7.17. The molecule has 2 aromatic carbocycles. The van der Waals surface area contributed by atoms with E-state index in [1.54, 1.807) is 0 Å². The zero-order valence-corrected chi connectivity index (χ0v) is 15.8. The molecule has 0 heterocycles. The fraction of sp³-hybridized carbons (Fsp3) is 0.278. The average molecular weight is 392 g/mol. The van der Waals surface area contributed by atoms with Crippen molar-refractivity contribution in [2.24, 2.45) is 0 Å². The number of nitrogens with zero attached hydrogens (tertiary/aromatic N) is 1. The standard InChI is InChI=1S/C18H22BrN3S/c1-22(2)17(11-14-7-4-3-5-8-14)13-20-18(23)21-16-10-6-9-15(19)12-16/h3-10,12,17H,11,13H2,1-2H3,(H2,20,21,23)/t17-/m0/s1. The van der Waals surface area contributed by atoms with Gasteiger partial charge in [0.2, 0.25) is 0 Å². The largest absolute Gasteiger partial charge is 0.361 e. The van der Waals surface area contributed by atoms with E-state index >= 15 is 0 Å². The van der Waals surface area contributed by atoms with Gasteiger partial charge in [-0.1, -0.05) is 52.3 Å². The molecule has 0 aromatic heterocycles. The summed E-state index contributed by atoms with van der Waals surface area (Å²) in [6, 6.07) is 18.9. The van der Waals surface area contributed by atoms with Crippen molar-refractivity contribution >= 4 is 38.9 Å². The number of hydrogen-bond donors (Lipinski definition) is 2. The summed E-state index contributed by atoms with van der Waals surface area (Å²) in [6.45, 7) is 0.793. The number of likely N-dealkylation sites (N-methyl/N-ethyl adjacent to an activating group) is 1. The summed E-state index contributed by atoms with van der Waals surface area (Å²) in [4.78, 5) is 2.22. The molecule has 0 bridgehead atoms. The van der Waals surface area contributed by atoms with Gasteiger partial charge in [-0.2, -0.15) is 0 Å². The van der Waals surface area contributed by atoms with Crippen LogP contribution in [0.25, 0.3) is 0 Å². The van der Waals surface area contributed by atoms with Crippen LogP contribution in [0.15, 0.2) is 59.1 Å². The van der Waals surface area contributed by atoms with Crippen molar-refractivity contribution in [3.05, 3.63) is 64.6 Å². The van der Waals surface area contributed by atoms with E-state index in [1.165, 1.54) is 5.56 Å². The molecule has 0 saturated carbocycles. The van der Waals surface area contributed by atoms with Gasteiger partial charge in [-0.05, 0) is 56.5 Å². The van der Waals surface area contributed by atoms with Crippen LogP contribution in [-0.2, 0) is 6.42 Å². The summed E-state index contributed by atoms with van der Waals surface area (Å²) < 4.78 is 1.03. The highest BCUT2D eigenvalue weighted by atomic mass is 79.9. The molecule has 2 aromatic rings. The molecule has 0 fully saturated rings. The summed E-state index contributed by atoms with van der Waals surface area (Å²) in [7, 11) is 4.19. The van der Waals surface area contributed by atoms with Gasteiger partial charge >= 0.3 is 0 Å². The Labute approximate surface area is 152 Å². The molecule has 0 saturated heterocycles. The molecule has 122 valence electrons. The Hall–Kier alpha value is -1.43. The maximum Gasteiger partial charge on any atom is 0.170 e. The second-order valence-corrected chi connectivity index (χ2v) is 6.98. The van der Waals surface area contributed by atoms with E-state index in [0.717, 1.165) is 23.1 Å². The zero-order chi connectivity index (χ0) is 16.7. The van der Waals surface area contributed by atoms with E-state index in [2.05, 4.69) is 69.8 Å². The molecular weight excluding hydrogens is 370 g/mol. The van der Waals surface area contributed by atoms with Crippen molar-refractivity contribution in [3.63, 3.8) is 0 Å². The lowest BCUT2D eigenvalue weighted by Crippen LogP contribution is -2.42. The van der Waals surface area contributed by atoms with Crippen LogP contribution < -0.4 is 10.6 Å². The number of halogens is 1. The molecule has 2 rings (SSSR count). The average Bonchev–Trinajstić information content (AvgIpc) is 2.52. The molecule has 5 heteroatoms. The smallest absolute Gasteiger partial charge is 0.170 e. The third-order valence-electron chi connectivity index (χ3n) is 3.63. The number of benzene rings is 2. The lowest BCUT2D eigenvalue weighted by molar-refractivity contribution is 0.291. The van der Waals surface area contributed by atoms with Gasteiger partial charge in [0, 0.05) is 22.7 Å². The third-order valence-corrected chi connectivity index (χ3v) is 4.36. The second-order valence-electron chi connectivity index (χ2n) is 5.65. The van der Waals surface area contributed by atoms with Crippen LogP contribution in [0.3, 0.4) is 0 Å². The lowest BCUT2D eigenvalue weighted by Gasteiger charge is -2.25. The summed E-state index contributed by atoms with van der Waals surface area (Å²) >= 11 is 8.85. The normalized spacial score (nSPS) is 12.0. The van der Waals surface area contributed by atoms with Gasteiger partial charge in [-0.3, -0.25) is 0 Å². The van der Waals surface area contributed by atoms with Gasteiger partial charge in [0.1, 0.15) is 0 Å². The van der Waals surface area contributed by atoms with E-state index < -0.39 is 0 Å². The fourth-order valence-electron chi connectivity index (χ4n) is 2.28. The van der Waals surface area contributed by atoms with Crippen molar-refractivity contribution in [2.75, 3.05) is 26.0 Å². The molecule has 0 spiro atoms. The van der Waals surface area contributed by atoms with Gasteiger partial charge in [0.15, 0.2) is 5.11 Å². The number of rotatable bonds is 6. The highest BCUT2D eigenvalue weighted by Crippen LogP contribution is 2.15. The van der Waals surface area contributed by atoms with Crippen LogP contribution >= 0.6 is 28.1 Å². The van der Waals surface area contributed by atoms with Crippen molar-refractivity contribution in [3.8, 4) is 0 Å². The van der Waals surface area contributed by atoms with E-state index in [9.17, 15) is 0 Å². The van der Waals surface area contributed by atoms with Gasteiger partial charge < -0.3 is 15.5 Å². The minimum atomic E-state index is 0.375. The van der Waals surface area contributed by atoms with Crippen LogP contribution in [0.5, 0.6) is 0 Å². The first kappa shape index (κ1) is 17.9. The molecular formula is C18H22BrN3S. The highest BCUT2D eigenvalue weighted by molar-refractivity contribution is 9.10. The second kappa shape index (κ2) is 9.01. The van der Waals surface area contributed by atoms with E-state index in [-0.39, 0.29) is 0 Å². The van der Waals surface area contributed by atoms with Crippen LogP contribution in [-0.4, -0.2) is 36.7 Å². The maximum atomic E-state index is 5.39. The molecule has 23 heavy (non-hydrogen) atoms. The molecule has 3 nitrogen and oxygen atoms in total. The van der Waals surface area contributed by atoms with Crippen molar-refractivity contribution in [1.82, 2.24) is 10.2 Å². The predicted molar refractivity (Wildman–Crippen MR) is 106 cm³/mol. The molecule has 2 N–H and O–H groups in total. The van der Waals surface area contributed by atoms with E-state index in [1.807, 2.05) is 30.3 Å². The minimum Gasteiger partial charge on any atom is -0.361 e. The first-order valence-electron chi connectivity index (χ1n) is 7.55. The highest BCUT2D eigenvalue weighted by Gasteiger charge is 2.12. The summed E-state index contributed by atoms with van der Waals surface area (Å²) in [6.07, 6.45) is 0.986. The van der Waals surface area contributed by atoms with Crippen molar-refractivity contribution in [2.45, 2.75) is 12.5 Å². The summed E-state index contributed by atoms with van der Waals surface area (Å²) in [5.41, 5.74) is 2.31. The number of hydrogen-bond acceptors (Lipinski definition) is 2. The molecule has 0 unspecified atom stereocenters. The van der Waals surface area contributed by atoms with Crippen molar-refractivity contribution in [1.29, 1.82) is 0 Å². The van der Waals surface area contributed by atoms with E-state index in [4.69, 9.17) is 12.2 Å². The topological polar surface area (TPSA) is 27.3 Å². The third kappa shape index (κ3) is 6.29. The molecule has 0 aliphatic rings. The van der Waals surface area contributed by atoms with Crippen molar-refractivity contribution < 1.29 is 0 Å². The molecule has 0 aliphatic carbocycles. The van der Waals surface area contributed by atoms with Crippen LogP contribution in [0.1, 0.15) is 5.56 Å². The molecule has 1 atom stereocenters. The first-order valence-corrected chi connectivity index (χ1v) is 8.75. The molecule has 0 aliphatic heterocycles. The van der Waals surface area contributed by atoms with Crippen LogP contribution in [0.2, 0.25) is 0 Å². The monoisotopic (exact) mass is 391 g/mol.